The molecule has 86 valence electrons. The summed E-state index contributed by atoms with van der Waals surface area (Å²) >= 11 is 0. The highest BCUT2D eigenvalue weighted by molar-refractivity contribution is 8.32. The third kappa shape index (κ3) is 4.74. The summed E-state index contributed by atoms with van der Waals surface area (Å²) in [5.74, 6) is 3.33. The average molecular weight is 220 g/mol. The van der Waals surface area contributed by atoms with Gasteiger partial charge in [-0.1, -0.05) is 20.8 Å². The number of rotatable bonds is 7. The van der Waals surface area contributed by atoms with E-state index in [0.717, 1.165) is 36.5 Å². The average Bonchev–Trinajstić information content (AvgIpc) is 2.03. The maximum atomic E-state index is 11.0. The van der Waals surface area contributed by atoms with E-state index in [0.29, 0.717) is 0 Å². The van der Waals surface area contributed by atoms with Gasteiger partial charge in [-0.05, 0) is 36.5 Å². The summed E-state index contributed by atoms with van der Waals surface area (Å²) in [6.45, 7) is 6.49. The Morgan fingerprint density at radius 3 is 1.64 bits per heavy atom. The molecule has 0 aliphatic carbocycles. The standard InChI is InChI=1S/C10H24N2OS/c1-4-7-14(8-5-2,9-6-3)12-10(11)13/h4-9H2,1-3H3,(H3,11,12,13). The van der Waals surface area contributed by atoms with E-state index in [1.165, 1.54) is 0 Å². The molecule has 3 N–H and O–H groups in total. The van der Waals surface area contributed by atoms with Gasteiger partial charge in [-0.15, -0.1) is 0 Å². The van der Waals surface area contributed by atoms with Gasteiger partial charge in [-0.2, -0.15) is 10.2 Å². The number of carbonyl (C=O) groups excluding carboxylic acids is 1. The van der Waals surface area contributed by atoms with E-state index >= 15 is 0 Å². The zero-order valence-electron chi connectivity index (χ0n) is 9.64. The number of primary amides is 1. The molecule has 0 aromatic heterocycles. The molecule has 0 radical (unpaired) electrons. The number of nitrogens with one attached hydrogen (secondary N) is 1. The van der Waals surface area contributed by atoms with Crippen LogP contribution in [0.3, 0.4) is 0 Å². The number of hydrogen-bond acceptors (Lipinski definition) is 1. The monoisotopic (exact) mass is 220 g/mol. The van der Waals surface area contributed by atoms with E-state index in [1.54, 1.807) is 0 Å². The molecule has 0 rings (SSSR count). The second-order valence-corrected chi connectivity index (χ2v) is 7.14. The highest BCUT2D eigenvalue weighted by Crippen LogP contribution is 2.45. The van der Waals surface area contributed by atoms with Crippen molar-refractivity contribution in [3.8, 4) is 0 Å². The van der Waals surface area contributed by atoms with Gasteiger partial charge < -0.3 is 10.5 Å². The summed E-state index contributed by atoms with van der Waals surface area (Å²) in [5, 5.41) is 0. The summed E-state index contributed by atoms with van der Waals surface area (Å²) < 4.78 is 3.02. The topological polar surface area (TPSA) is 55.1 Å². The Balaban J connectivity index is 4.45. The number of carbonyl (C=O) groups is 1. The fourth-order valence-electron chi connectivity index (χ4n) is 1.84. The van der Waals surface area contributed by atoms with Crippen LogP contribution in [-0.4, -0.2) is 23.3 Å². The first-order valence-corrected chi connectivity index (χ1v) is 7.57. The molecule has 0 aliphatic heterocycles. The van der Waals surface area contributed by atoms with Gasteiger partial charge in [0.05, 0.1) is 0 Å². The van der Waals surface area contributed by atoms with Crippen molar-refractivity contribution >= 4 is 16.2 Å². The van der Waals surface area contributed by atoms with E-state index < -0.39 is 10.2 Å². The predicted molar refractivity (Wildman–Crippen MR) is 65.8 cm³/mol. The Morgan fingerprint density at radius 1 is 1.07 bits per heavy atom. The molecule has 2 amide bonds. The van der Waals surface area contributed by atoms with Crippen LogP contribution in [0.2, 0.25) is 0 Å². The minimum absolute atomic E-state index is 0.352. The third-order valence-corrected chi connectivity index (χ3v) is 6.31. The van der Waals surface area contributed by atoms with Gasteiger partial charge in [0, 0.05) is 0 Å². The smallest absolute Gasteiger partial charge is 0.320 e. The molecule has 0 saturated carbocycles. The van der Waals surface area contributed by atoms with Gasteiger partial charge in [0.15, 0.2) is 0 Å². The van der Waals surface area contributed by atoms with Gasteiger partial charge in [-0.3, -0.25) is 0 Å². The zero-order valence-corrected chi connectivity index (χ0v) is 10.5. The molecule has 0 heterocycles. The van der Waals surface area contributed by atoms with Crippen LogP contribution in [0.25, 0.3) is 0 Å². The molecular weight excluding hydrogens is 196 g/mol. The molecule has 0 unspecified atom stereocenters. The Kier molecular flexibility index (Phi) is 6.79. The number of urea groups is 1. The van der Waals surface area contributed by atoms with Crippen LogP contribution in [0.4, 0.5) is 4.79 Å². The van der Waals surface area contributed by atoms with Crippen molar-refractivity contribution in [2.75, 3.05) is 17.3 Å². The maximum Gasteiger partial charge on any atom is 0.320 e. The van der Waals surface area contributed by atoms with E-state index in [2.05, 4.69) is 25.5 Å². The largest absolute Gasteiger partial charge is 0.351 e. The lowest BCUT2D eigenvalue weighted by atomic mass is 10.6. The van der Waals surface area contributed by atoms with Crippen molar-refractivity contribution in [1.29, 1.82) is 0 Å². The first-order valence-electron chi connectivity index (χ1n) is 5.43. The summed E-state index contributed by atoms with van der Waals surface area (Å²) in [6, 6.07) is -0.352. The van der Waals surface area contributed by atoms with Crippen LogP contribution < -0.4 is 10.5 Å². The van der Waals surface area contributed by atoms with Crippen molar-refractivity contribution in [2.45, 2.75) is 40.0 Å². The minimum atomic E-state index is -0.970. The summed E-state index contributed by atoms with van der Waals surface area (Å²) in [5.41, 5.74) is 5.24. The Bertz CT molecular complexity index is 156. The van der Waals surface area contributed by atoms with Crippen LogP contribution in [0, 0.1) is 0 Å². The van der Waals surface area contributed by atoms with Crippen LogP contribution in [0.15, 0.2) is 0 Å². The molecular formula is C10H24N2OS. The lowest BCUT2D eigenvalue weighted by Crippen LogP contribution is -2.37. The molecule has 0 spiro atoms. The van der Waals surface area contributed by atoms with Crippen molar-refractivity contribution in [2.24, 2.45) is 5.73 Å². The van der Waals surface area contributed by atoms with Crippen molar-refractivity contribution in [1.82, 2.24) is 4.72 Å². The predicted octanol–water partition coefficient (Wildman–Crippen LogP) is 2.60. The van der Waals surface area contributed by atoms with Gasteiger partial charge in [0.2, 0.25) is 0 Å². The van der Waals surface area contributed by atoms with Gasteiger partial charge in [0.1, 0.15) is 0 Å². The quantitative estimate of drug-likeness (QED) is 0.681. The highest BCUT2D eigenvalue weighted by atomic mass is 32.3. The van der Waals surface area contributed by atoms with Crippen LogP contribution in [0.5, 0.6) is 0 Å². The lowest BCUT2D eigenvalue weighted by Gasteiger charge is -2.40. The van der Waals surface area contributed by atoms with Crippen LogP contribution in [0.1, 0.15) is 40.0 Å². The molecule has 0 saturated heterocycles. The van der Waals surface area contributed by atoms with E-state index in [-0.39, 0.29) is 6.03 Å². The Morgan fingerprint density at radius 2 is 1.43 bits per heavy atom. The molecule has 14 heavy (non-hydrogen) atoms. The van der Waals surface area contributed by atoms with Gasteiger partial charge in [-0.25, -0.2) is 4.79 Å². The maximum absolute atomic E-state index is 11.0. The normalized spacial score (nSPS) is 12.5. The third-order valence-electron chi connectivity index (χ3n) is 2.10. The molecule has 0 aliphatic rings. The van der Waals surface area contributed by atoms with Crippen LogP contribution in [-0.2, 0) is 0 Å². The first kappa shape index (κ1) is 13.6. The summed E-state index contributed by atoms with van der Waals surface area (Å²) in [4.78, 5) is 11.0. The second-order valence-electron chi connectivity index (χ2n) is 3.62. The molecule has 0 fully saturated rings. The second kappa shape index (κ2) is 6.98. The number of amides is 2. The van der Waals surface area contributed by atoms with Crippen molar-refractivity contribution < 1.29 is 4.79 Å². The number of nitrogens with two attached hydrogens (primary N) is 1. The summed E-state index contributed by atoms with van der Waals surface area (Å²) in [7, 11) is -0.970. The zero-order chi connectivity index (χ0) is 11.0. The summed E-state index contributed by atoms with van der Waals surface area (Å²) in [6.07, 6.45) is 3.36. The SMILES string of the molecule is CCCS(CCC)(CCC)NC(N)=O. The molecule has 4 heteroatoms. The molecule has 0 atom stereocenters. The fourth-order valence-corrected chi connectivity index (χ4v) is 5.53. The molecule has 0 aromatic carbocycles. The van der Waals surface area contributed by atoms with Crippen molar-refractivity contribution in [3.63, 3.8) is 0 Å². The fraction of sp³-hybridized carbons (Fsp3) is 0.900. The minimum Gasteiger partial charge on any atom is -0.351 e. The van der Waals surface area contributed by atoms with Crippen molar-refractivity contribution in [3.05, 3.63) is 0 Å². The van der Waals surface area contributed by atoms with E-state index in [9.17, 15) is 4.79 Å². The number of hydrogen-bond donors (Lipinski definition) is 2. The Hall–Kier alpha value is -0.380. The van der Waals surface area contributed by atoms with Gasteiger partial charge >= 0.3 is 6.03 Å². The molecule has 3 nitrogen and oxygen atoms in total. The molecule has 0 aromatic rings. The van der Waals surface area contributed by atoms with Crippen LogP contribution >= 0.6 is 10.2 Å². The van der Waals surface area contributed by atoms with E-state index in [4.69, 9.17) is 5.73 Å². The highest BCUT2D eigenvalue weighted by Gasteiger charge is 2.22. The van der Waals surface area contributed by atoms with E-state index in [1.807, 2.05) is 0 Å². The first-order chi connectivity index (χ1) is 6.60. The van der Waals surface area contributed by atoms with Gasteiger partial charge in [0.25, 0.3) is 0 Å². The molecule has 0 bridgehead atoms. The Labute approximate surface area is 89.3 Å². The lowest BCUT2D eigenvalue weighted by molar-refractivity contribution is 0.254.